The molecule has 0 aliphatic heterocycles. The van der Waals surface area contributed by atoms with Crippen molar-refractivity contribution in [2.45, 2.75) is 13.1 Å². The summed E-state index contributed by atoms with van der Waals surface area (Å²) in [5.41, 5.74) is 0.333. The van der Waals surface area contributed by atoms with Crippen LogP contribution in [0.5, 0.6) is 0 Å². The summed E-state index contributed by atoms with van der Waals surface area (Å²) in [5.74, 6) is -0.535. The minimum Gasteiger partial charge on any atom is -0.465 e. The lowest BCUT2D eigenvalue weighted by Gasteiger charge is -2.16. The first-order valence-electron chi connectivity index (χ1n) is 8.27. The average Bonchev–Trinajstić information content (AvgIpc) is 2.86. The first-order valence-corrected chi connectivity index (χ1v) is 11.9. The average molecular weight is 467 g/mol. The third kappa shape index (κ3) is 4.90. The zero-order chi connectivity index (χ0) is 22.3. The lowest BCUT2D eigenvalue weighted by molar-refractivity contribution is -0.143. The van der Waals surface area contributed by atoms with Gasteiger partial charge in [-0.05, 0) is 49.6 Å². The Hall–Kier alpha value is -1.69. The molecule has 1 heterocycles. The fourth-order valence-electron chi connectivity index (χ4n) is 2.77. The Kier molecular flexibility index (Phi) is 6.68. The number of hydrogen-bond acceptors (Lipinski definition) is 3. The van der Waals surface area contributed by atoms with Crippen molar-refractivity contribution in [2.75, 3.05) is 20.4 Å². The minimum absolute atomic E-state index is 0.0198. The summed E-state index contributed by atoms with van der Waals surface area (Å²) in [7, 11) is 2.44. The molecule has 2 rings (SSSR count). The molecule has 1 aromatic heterocycles. The van der Waals surface area contributed by atoms with Gasteiger partial charge < -0.3 is 4.74 Å². The number of halogens is 5. The third-order valence-electron chi connectivity index (χ3n) is 4.20. The van der Waals surface area contributed by atoms with Crippen LogP contribution in [0.4, 0.5) is 13.2 Å². The fourth-order valence-corrected chi connectivity index (χ4v) is 4.48. The van der Waals surface area contributed by atoms with Crippen LogP contribution in [0.25, 0.3) is 17.3 Å². The molecular formula is C19H20Cl2F3N2O2P. The van der Waals surface area contributed by atoms with Crippen molar-refractivity contribution >= 4 is 48.4 Å². The number of rotatable bonds is 4. The number of benzene rings is 1. The van der Waals surface area contributed by atoms with Crippen LogP contribution < -0.4 is 0 Å². The van der Waals surface area contributed by atoms with E-state index in [-0.39, 0.29) is 5.69 Å². The van der Waals surface area contributed by atoms with Gasteiger partial charge >= 0.3 is 12.1 Å². The van der Waals surface area contributed by atoms with E-state index in [4.69, 9.17) is 27.9 Å². The van der Waals surface area contributed by atoms with E-state index in [9.17, 15) is 18.0 Å². The predicted octanol–water partition coefficient (Wildman–Crippen LogP) is 5.94. The second kappa shape index (κ2) is 8.21. The molecule has 158 valence electrons. The molecule has 2 aromatic rings. The maximum absolute atomic E-state index is 13.3. The van der Waals surface area contributed by atoms with E-state index in [1.54, 1.807) is 25.1 Å². The topological polar surface area (TPSA) is 44.1 Å². The number of esters is 1. The van der Waals surface area contributed by atoms with E-state index >= 15 is 0 Å². The van der Waals surface area contributed by atoms with Gasteiger partial charge in [0.2, 0.25) is 0 Å². The highest BCUT2D eigenvalue weighted by Gasteiger charge is 2.39. The number of carbonyl (C=O) groups is 1. The second-order valence-electron chi connectivity index (χ2n) is 7.03. The van der Waals surface area contributed by atoms with Gasteiger partial charge in [-0.2, -0.15) is 18.3 Å². The molecule has 0 bridgehead atoms. The lowest BCUT2D eigenvalue weighted by Crippen LogP contribution is -2.12. The third-order valence-corrected chi connectivity index (χ3v) is 6.50. The Morgan fingerprint density at radius 1 is 1.31 bits per heavy atom. The molecule has 10 heteroatoms. The van der Waals surface area contributed by atoms with Crippen molar-refractivity contribution < 1.29 is 22.7 Å². The zero-order valence-corrected chi connectivity index (χ0v) is 18.9. The smallest absolute Gasteiger partial charge is 0.434 e. The predicted molar refractivity (Wildman–Crippen MR) is 114 cm³/mol. The van der Waals surface area contributed by atoms with Gasteiger partial charge in [0.05, 0.1) is 17.4 Å². The van der Waals surface area contributed by atoms with Crippen LogP contribution in [0.3, 0.4) is 0 Å². The molecule has 0 unspecified atom stereocenters. The number of aromatic nitrogens is 2. The highest BCUT2D eigenvalue weighted by atomic mass is 35.5. The number of hydrogen-bond donors (Lipinski definition) is 0. The summed E-state index contributed by atoms with van der Waals surface area (Å²) >= 11 is 12.4. The highest BCUT2D eigenvalue weighted by molar-refractivity contribution is 7.77. The van der Waals surface area contributed by atoms with E-state index in [2.05, 4.69) is 11.4 Å². The summed E-state index contributed by atoms with van der Waals surface area (Å²) in [4.78, 5) is 12.2. The van der Waals surface area contributed by atoms with Gasteiger partial charge in [-0.3, -0.25) is 4.68 Å². The summed E-state index contributed by atoms with van der Waals surface area (Å²) < 4.78 is 45.4. The molecule has 0 fully saturated rings. The van der Waals surface area contributed by atoms with Crippen LogP contribution in [0, 0.1) is 6.92 Å². The second-order valence-corrected chi connectivity index (χ2v) is 11.7. The van der Waals surface area contributed by atoms with Gasteiger partial charge in [0, 0.05) is 17.6 Å². The van der Waals surface area contributed by atoms with Crippen LogP contribution in [0.1, 0.15) is 16.8 Å². The number of alkyl halides is 3. The normalized spacial score (nSPS) is 13.0. The summed E-state index contributed by atoms with van der Waals surface area (Å²) in [6.45, 7) is 3.33. The lowest BCUT2D eigenvalue weighted by atomic mass is 10.0. The maximum Gasteiger partial charge on any atom is 0.434 e. The molecule has 0 radical (unpaired) electrons. The van der Waals surface area contributed by atoms with Crippen molar-refractivity contribution in [3.05, 3.63) is 44.3 Å². The van der Waals surface area contributed by atoms with Crippen molar-refractivity contribution in [2.24, 2.45) is 7.05 Å². The summed E-state index contributed by atoms with van der Waals surface area (Å²) in [6.07, 6.45) is 0.960. The van der Waals surface area contributed by atoms with Gasteiger partial charge in [0.25, 0.3) is 0 Å². The molecule has 0 aliphatic rings. The van der Waals surface area contributed by atoms with Crippen LogP contribution in [-0.4, -0.2) is 42.5 Å². The molecule has 0 aliphatic carbocycles. The van der Waals surface area contributed by atoms with Crippen molar-refractivity contribution in [3.63, 3.8) is 0 Å². The summed E-state index contributed by atoms with van der Waals surface area (Å²) in [6, 6.07) is 3.15. The van der Waals surface area contributed by atoms with Crippen molar-refractivity contribution in [3.8, 4) is 11.3 Å². The van der Waals surface area contributed by atoms with Gasteiger partial charge in [-0.15, -0.1) is 0 Å². The molecule has 1 aromatic carbocycles. The van der Waals surface area contributed by atoms with Gasteiger partial charge in [0.1, 0.15) is 5.69 Å². The first kappa shape index (κ1) is 23.6. The Bertz CT molecular complexity index is 1050. The standard InChI is InChI=1S/C19H20Cl2F3N2O2P/c1-10-7-13(20)11(9-14(18(27)28-3)29(4,5)6)8-12(10)16-15(21)17(19(22,23)24)26(2)25-16/h7-9H,4H2,1-3,5-6H3/b14-9+. The molecule has 29 heavy (non-hydrogen) atoms. The molecule has 0 N–H and O–H groups in total. The highest BCUT2D eigenvalue weighted by Crippen LogP contribution is 2.48. The number of ether oxygens (including phenoxy) is 1. The van der Waals surface area contributed by atoms with E-state index in [0.717, 1.165) is 0 Å². The Morgan fingerprint density at radius 3 is 2.34 bits per heavy atom. The monoisotopic (exact) mass is 466 g/mol. The molecule has 4 nitrogen and oxygen atoms in total. The molecule has 0 spiro atoms. The van der Waals surface area contributed by atoms with Gasteiger partial charge in [0.15, 0.2) is 5.69 Å². The van der Waals surface area contributed by atoms with Gasteiger partial charge in [-0.1, -0.05) is 36.4 Å². The quantitative estimate of drug-likeness (QED) is 0.318. The molecule has 0 amide bonds. The molecule has 0 saturated carbocycles. The zero-order valence-electron chi connectivity index (χ0n) is 16.5. The Labute approximate surface area is 177 Å². The van der Waals surface area contributed by atoms with E-state index < -0.39 is 29.7 Å². The van der Waals surface area contributed by atoms with Gasteiger partial charge in [-0.25, -0.2) is 4.79 Å². The number of aryl methyl sites for hydroxylation is 2. The Balaban J connectivity index is 2.76. The molecule has 0 atom stereocenters. The fraction of sp³-hybridized carbons (Fsp3) is 0.316. The number of carbonyl (C=O) groups excluding carboxylic acids is 1. The number of nitrogens with zero attached hydrogens (tertiary/aromatic N) is 2. The number of methoxy groups -OCH3 is 1. The maximum atomic E-state index is 13.3. The SMILES string of the molecule is C=P(C)(C)/C(=C/c1cc(-c2nn(C)c(C(F)(F)F)c2Cl)c(C)cc1Cl)C(=O)OC. The van der Waals surface area contributed by atoms with Crippen molar-refractivity contribution in [1.29, 1.82) is 0 Å². The van der Waals surface area contributed by atoms with E-state index in [1.807, 2.05) is 13.3 Å². The van der Waals surface area contributed by atoms with Crippen LogP contribution >= 0.6 is 30.1 Å². The van der Waals surface area contributed by atoms with Crippen LogP contribution in [0.15, 0.2) is 17.4 Å². The van der Waals surface area contributed by atoms with Crippen LogP contribution in [-0.2, 0) is 22.8 Å². The Morgan fingerprint density at radius 2 is 1.90 bits per heavy atom. The largest absolute Gasteiger partial charge is 0.465 e. The van der Waals surface area contributed by atoms with E-state index in [0.29, 0.717) is 31.7 Å². The van der Waals surface area contributed by atoms with Crippen LogP contribution in [0.2, 0.25) is 10.0 Å². The summed E-state index contributed by atoms with van der Waals surface area (Å²) in [5, 5.41) is 4.14. The molecular weight excluding hydrogens is 447 g/mol. The molecule has 0 saturated heterocycles. The van der Waals surface area contributed by atoms with E-state index in [1.165, 1.54) is 14.2 Å². The van der Waals surface area contributed by atoms with Crippen molar-refractivity contribution in [1.82, 2.24) is 9.78 Å². The first-order chi connectivity index (χ1) is 13.2. The minimum atomic E-state index is -4.65.